The van der Waals surface area contributed by atoms with E-state index in [4.69, 9.17) is 12.6 Å². The predicted molar refractivity (Wildman–Crippen MR) is 182 cm³/mol. The Morgan fingerprint density at radius 2 is 0.618 bits per heavy atom. The van der Waals surface area contributed by atoms with Crippen molar-refractivity contribution in [1.29, 1.82) is 0 Å². The van der Waals surface area contributed by atoms with Crippen molar-refractivity contribution in [2.24, 2.45) is 0 Å². The monoisotopic (exact) mass is 584 g/mol. The molecule has 198 valence electrons. The minimum absolute atomic E-state index is 0.735. The largest absolute Gasteiger partial charge is 0.143 e. The topological polar surface area (TPSA) is 0 Å². The maximum absolute atomic E-state index is 5.49. The van der Waals surface area contributed by atoms with Crippen LogP contribution in [0.3, 0.4) is 0 Å². The third-order valence-corrected chi connectivity index (χ3v) is 35.8. The Labute approximate surface area is 227 Å². The Morgan fingerprint density at radius 1 is 0.412 bits per heavy atom. The molecule has 0 bridgehead atoms. The first-order chi connectivity index (χ1) is 14.6. The van der Waals surface area contributed by atoms with Gasteiger partial charge in [-0.1, -0.05) is 130 Å². The highest BCUT2D eigenvalue weighted by Gasteiger charge is 2.45. The summed E-state index contributed by atoms with van der Waals surface area (Å²) in [5, 5.41) is 2.25. The Hall–Kier alpha value is 0.871. The SMILES string of the molecule is C[Si](C)(C)C(c1cc(C([Si](C)(C)C)[Si](C)(C)C)c(S)c(C([Si](C)(C)C)[Si](C)(C)C)c1)[Si](C)(C)C. The van der Waals surface area contributed by atoms with E-state index in [0.717, 1.165) is 15.5 Å². The van der Waals surface area contributed by atoms with E-state index in [1.54, 1.807) is 16.7 Å². The van der Waals surface area contributed by atoms with Crippen LogP contribution in [0.25, 0.3) is 0 Å². The van der Waals surface area contributed by atoms with Crippen LogP contribution in [0.1, 0.15) is 32.2 Å². The van der Waals surface area contributed by atoms with Crippen LogP contribution in [0.15, 0.2) is 17.0 Å². The molecule has 0 nitrogen and oxygen atoms in total. The van der Waals surface area contributed by atoms with Crippen molar-refractivity contribution in [3.8, 4) is 0 Å². The lowest BCUT2D eigenvalue weighted by molar-refractivity contribution is 1.02. The van der Waals surface area contributed by atoms with Gasteiger partial charge in [0.2, 0.25) is 0 Å². The molecule has 0 saturated heterocycles. The first-order valence-electron chi connectivity index (χ1n) is 13.5. The van der Waals surface area contributed by atoms with Crippen molar-refractivity contribution in [2.75, 3.05) is 0 Å². The summed E-state index contributed by atoms with van der Waals surface area (Å²) in [6.07, 6.45) is 0. The molecule has 0 fully saturated rings. The summed E-state index contributed by atoms with van der Waals surface area (Å²) in [5.74, 6) is 0. The highest BCUT2D eigenvalue weighted by Crippen LogP contribution is 2.47. The van der Waals surface area contributed by atoms with Gasteiger partial charge in [-0.15, -0.1) is 12.6 Å². The van der Waals surface area contributed by atoms with E-state index in [2.05, 4.69) is 130 Å². The highest BCUT2D eigenvalue weighted by molar-refractivity contribution is 7.80. The van der Waals surface area contributed by atoms with E-state index in [9.17, 15) is 0 Å². The summed E-state index contributed by atoms with van der Waals surface area (Å²) in [7, 11) is -8.53. The van der Waals surface area contributed by atoms with Crippen molar-refractivity contribution in [3.63, 3.8) is 0 Å². The van der Waals surface area contributed by atoms with Gasteiger partial charge >= 0.3 is 0 Å². The minimum Gasteiger partial charge on any atom is -0.143 e. The second kappa shape index (κ2) is 10.2. The molecule has 0 atom stereocenters. The molecule has 0 aliphatic rings. The van der Waals surface area contributed by atoms with Gasteiger partial charge in [0, 0.05) is 53.3 Å². The zero-order valence-electron chi connectivity index (χ0n) is 26.3. The van der Waals surface area contributed by atoms with Gasteiger partial charge < -0.3 is 0 Å². The molecule has 0 radical (unpaired) electrons. The molecule has 0 unspecified atom stereocenters. The summed E-state index contributed by atoms with van der Waals surface area (Å²) < 4.78 is 0. The van der Waals surface area contributed by atoms with E-state index in [1.165, 1.54) is 4.90 Å². The molecule has 7 heteroatoms. The van der Waals surface area contributed by atoms with E-state index >= 15 is 0 Å². The van der Waals surface area contributed by atoms with E-state index in [1.807, 2.05) is 0 Å². The molecule has 1 aromatic rings. The number of hydrogen-bond acceptors (Lipinski definition) is 1. The Bertz CT molecular complexity index is 757. The zero-order valence-corrected chi connectivity index (χ0v) is 33.2. The van der Waals surface area contributed by atoms with Gasteiger partial charge in [0.05, 0.1) is 0 Å². The van der Waals surface area contributed by atoms with Crippen molar-refractivity contribution >= 4 is 61.1 Å². The Kier molecular flexibility index (Phi) is 9.88. The molecule has 0 spiro atoms. The van der Waals surface area contributed by atoms with Crippen molar-refractivity contribution in [3.05, 3.63) is 28.8 Å². The van der Waals surface area contributed by atoms with Crippen LogP contribution in [0.2, 0.25) is 118 Å². The van der Waals surface area contributed by atoms with Gasteiger partial charge in [-0.2, -0.15) is 0 Å². The first kappa shape index (κ1) is 32.9. The molecule has 0 aromatic heterocycles. The molecule has 1 rings (SSSR count). The lowest BCUT2D eigenvalue weighted by Gasteiger charge is -2.45. The summed E-state index contributed by atoms with van der Waals surface area (Å²) in [6.45, 7) is 47.0. The van der Waals surface area contributed by atoms with Crippen LogP contribution in [0.4, 0.5) is 0 Å². The fourth-order valence-electron chi connectivity index (χ4n) is 8.07. The predicted octanol–water partition coefficient (Wildman–Crippen LogP) is 10.5. The number of hydrogen-bond donors (Lipinski definition) is 1. The fourth-order valence-corrected chi connectivity index (χ4v) is 47.1. The lowest BCUT2D eigenvalue weighted by atomic mass is 10.1. The molecule has 0 N–H and O–H groups in total. The minimum atomic E-state index is -1.44. The van der Waals surface area contributed by atoms with E-state index < -0.39 is 48.4 Å². The maximum atomic E-state index is 5.49. The molecule has 0 aliphatic heterocycles. The van der Waals surface area contributed by atoms with Gasteiger partial charge in [0.15, 0.2) is 0 Å². The summed E-state index contributed by atoms with van der Waals surface area (Å²) in [4.78, 5) is 1.39. The zero-order chi connectivity index (χ0) is 27.5. The Morgan fingerprint density at radius 3 is 0.794 bits per heavy atom. The molecule has 1 aromatic carbocycles. The van der Waals surface area contributed by atoms with Gasteiger partial charge in [0.1, 0.15) is 0 Å². The van der Waals surface area contributed by atoms with Crippen LogP contribution >= 0.6 is 12.6 Å². The average molecular weight is 585 g/mol. The molecular weight excluding hydrogens is 525 g/mol. The molecule has 0 saturated carbocycles. The molecular formula is C27H60SSi6. The second-order valence-corrected chi connectivity index (χ2v) is 51.6. The molecule has 0 amide bonds. The average Bonchev–Trinajstić information content (AvgIpc) is 2.42. The standard InChI is InChI=1S/C27H60SSi6/c1-29(2,3)25(30(4,5)6)21-19-22(26(31(7,8)9)32(10,11)12)24(28)23(20-21)27(33(13,14)15)34(16,17)18/h19-20,25-28H,1-18H3. The van der Waals surface area contributed by atoms with Gasteiger partial charge in [-0.05, 0) is 32.2 Å². The van der Waals surface area contributed by atoms with Crippen LogP contribution in [0.5, 0.6) is 0 Å². The normalized spacial score (nSPS) is 15.1. The number of benzene rings is 1. The van der Waals surface area contributed by atoms with Gasteiger partial charge in [0.25, 0.3) is 0 Å². The van der Waals surface area contributed by atoms with Crippen LogP contribution in [-0.4, -0.2) is 48.4 Å². The van der Waals surface area contributed by atoms with E-state index in [-0.39, 0.29) is 0 Å². The molecule has 34 heavy (non-hydrogen) atoms. The molecule has 0 heterocycles. The highest BCUT2D eigenvalue weighted by atomic mass is 32.1. The smallest absolute Gasteiger partial charge is 0.0493 e. The first-order valence-corrected chi connectivity index (χ1v) is 35.4. The molecule has 0 aliphatic carbocycles. The van der Waals surface area contributed by atoms with Crippen molar-refractivity contribution in [2.45, 2.75) is 138 Å². The van der Waals surface area contributed by atoms with Crippen molar-refractivity contribution in [1.82, 2.24) is 0 Å². The second-order valence-electron chi connectivity index (χ2n) is 17.5. The number of thiol groups is 1. The third kappa shape index (κ3) is 7.93. The summed E-state index contributed by atoms with van der Waals surface area (Å²) in [5.41, 5.74) is 5.00. The third-order valence-electron chi connectivity index (χ3n) is 7.34. The Balaban J connectivity index is 4.31. The summed E-state index contributed by atoms with van der Waals surface area (Å²) >= 11 is 5.49. The van der Waals surface area contributed by atoms with E-state index in [0.29, 0.717) is 0 Å². The van der Waals surface area contributed by atoms with Gasteiger partial charge in [-0.25, -0.2) is 0 Å². The van der Waals surface area contributed by atoms with Crippen LogP contribution < -0.4 is 0 Å². The van der Waals surface area contributed by atoms with Gasteiger partial charge in [-0.3, -0.25) is 0 Å². The van der Waals surface area contributed by atoms with Crippen LogP contribution in [-0.2, 0) is 0 Å². The lowest BCUT2D eigenvalue weighted by Crippen LogP contribution is -2.49. The van der Waals surface area contributed by atoms with Crippen molar-refractivity contribution < 1.29 is 0 Å². The quantitative estimate of drug-likeness (QED) is 0.216. The summed E-state index contributed by atoms with van der Waals surface area (Å²) in [6, 6.07) is 5.44. The fraction of sp³-hybridized carbons (Fsp3) is 0.778. The maximum Gasteiger partial charge on any atom is 0.0493 e. The van der Waals surface area contributed by atoms with Crippen LogP contribution in [0, 0.1) is 0 Å². The number of rotatable bonds is 9.